The highest BCUT2D eigenvalue weighted by molar-refractivity contribution is 5.29. The minimum absolute atomic E-state index is 0.139. The maximum Gasteiger partial charge on any atom is 0.387 e. The van der Waals surface area contributed by atoms with Crippen LogP contribution in [-0.4, -0.2) is 31.1 Å². The molecule has 1 saturated heterocycles. The second kappa shape index (κ2) is 7.18. The molecule has 118 valence electrons. The first-order valence-electron chi connectivity index (χ1n) is 7.50. The Morgan fingerprint density at radius 2 is 1.90 bits per heavy atom. The molecular weight excluding hydrogens is 274 g/mol. The molecule has 0 aromatic heterocycles. The molecule has 2 rings (SSSR count). The lowest BCUT2D eigenvalue weighted by Gasteiger charge is -2.40. The van der Waals surface area contributed by atoms with Crippen LogP contribution in [0.5, 0.6) is 5.75 Å². The quantitative estimate of drug-likeness (QED) is 0.906. The first-order valence-corrected chi connectivity index (χ1v) is 7.50. The van der Waals surface area contributed by atoms with Gasteiger partial charge in [-0.1, -0.05) is 26.0 Å². The predicted octanol–water partition coefficient (Wildman–Crippen LogP) is 3.27. The largest absolute Gasteiger partial charge is 0.435 e. The fourth-order valence-electron chi connectivity index (χ4n) is 2.95. The van der Waals surface area contributed by atoms with Gasteiger partial charge in [0.1, 0.15) is 5.75 Å². The van der Waals surface area contributed by atoms with Gasteiger partial charge in [-0.2, -0.15) is 8.78 Å². The lowest BCUT2D eigenvalue weighted by molar-refractivity contribution is -0.0498. The van der Waals surface area contributed by atoms with Gasteiger partial charge < -0.3 is 10.5 Å². The van der Waals surface area contributed by atoms with Gasteiger partial charge in [-0.25, -0.2) is 0 Å². The van der Waals surface area contributed by atoms with E-state index >= 15 is 0 Å². The Balaban J connectivity index is 2.06. The second-order valence-electron chi connectivity index (χ2n) is 5.94. The van der Waals surface area contributed by atoms with Crippen LogP contribution in [0.15, 0.2) is 24.3 Å². The summed E-state index contributed by atoms with van der Waals surface area (Å²) in [5.41, 5.74) is 7.00. The zero-order valence-corrected chi connectivity index (χ0v) is 12.6. The third kappa shape index (κ3) is 4.14. The second-order valence-corrected chi connectivity index (χ2v) is 5.94. The van der Waals surface area contributed by atoms with E-state index in [1.165, 1.54) is 6.42 Å². The molecule has 1 fully saturated rings. The van der Waals surface area contributed by atoms with Gasteiger partial charge in [0.15, 0.2) is 0 Å². The normalized spacial score (nSPS) is 25.0. The van der Waals surface area contributed by atoms with Crippen molar-refractivity contribution in [3.05, 3.63) is 29.8 Å². The highest BCUT2D eigenvalue weighted by Gasteiger charge is 2.27. The van der Waals surface area contributed by atoms with Crippen molar-refractivity contribution in [1.82, 2.24) is 4.90 Å². The number of piperidine rings is 1. The standard InChI is InChI=1S/C16H24F2N2O/c1-11-7-8-20(10-12(11)2)15(9-19)13-3-5-14(6-4-13)21-16(17)18/h3-6,11-12,15-16H,7-10,19H2,1-2H3. The third-order valence-electron chi connectivity index (χ3n) is 4.52. The van der Waals surface area contributed by atoms with Crippen LogP contribution in [0, 0.1) is 11.8 Å². The molecule has 1 aliphatic rings. The Bertz CT molecular complexity index is 438. The Morgan fingerprint density at radius 1 is 1.24 bits per heavy atom. The predicted molar refractivity (Wildman–Crippen MR) is 79.4 cm³/mol. The molecule has 0 radical (unpaired) electrons. The Labute approximate surface area is 125 Å². The lowest BCUT2D eigenvalue weighted by atomic mass is 9.87. The van der Waals surface area contributed by atoms with Gasteiger partial charge in [0.2, 0.25) is 0 Å². The number of halogens is 2. The number of nitrogens with zero attached hydrogens (tertiary/aromatic N) is 1. The number of hydrogen-bond donors (Lipinski definition) is 1. The maximum atomic E-state index is 12.2. The van der Waals surface area contributed by atoms with E-state index < -0.39 is 6.61 Å². The highest BCUT2D eigenvalue weighted by Crippen LogP contribution is 2.30. The zero-order valence-electron chi connectivity index (χ0n) is 12.6. The fourth-order valence-corrected chi connectivity index (χ4v) is 2.95. The number of benzene rings is 1. The van der Waals surface area contributed by atoms with Crippen LogP contribution in [0.25, 0.3) is 0 Å². The van der Waals surface area contributed by atoms with E-state index in [0.29, 0.717) is 12.5 Å². The molecule has 3 nitrogen and oxygen atoms in total. The zero-order chi connectivity index (χ0) is 15.4. The molecular formula is C16H24F2N2O. The summed E-state index contributed by atoms with van der Waals surface area (Å²) in [4.78, 5) is 2.40. The van der Waals surface area contributed by atoms with Gasteiger partial charge in [0.25, 0.3) is 0 Å². The SMILES string of the molecule is CC1CCN(C(CN)c2ccc(OC(F)F)cc2)CC1C. The van der Waals surface area contributed by atoms with E-state index in [4.69, 9.17) is 5.73 Å². The van der Waals surface area contributed by atoms with Gasteiger partial charge >= 0.3 is 6.61 Å². The number of rotatable bonds is 5. The fraction of sp³-hybridized carbons (Fsp3) is 0.625. The van der Waals surface area contributed by atoms with Crippen LogP contribution in [0.4, 0.5) is 8.78 Å². The molecule has 0 aliphatic carbocycles. The summed E-state index contributed by atoms with van der Waals surface area (Å²) < 4.78 is 28.7. The Morgan fingerprint density at radius 3 is 2.43 bits per heavy atom. The van der Waals surface area contributed by atoms with E-state index in [-0.39, 0.29) is 11.8 Å². The highest BCUT2D eigenvalue weighted by atomic mass is 19.3. The first-order chi connectivity index (χ1) is 10.0. The van der Waals surface area contributed by atoms with Gasteiger partial charge in [0.05, 0.1) is 0 Å². The van der Waals surface area contributed by atoms with Gasteiger partial charge in [-0.3, -0.25) is 4.90 Å². The molecule has 21 heavy (non-hydrogen) atoms. The van der Waals surface area contributed by atoms with Crippen molar-refractivity contribution in [1.29, 1.82) is 0 Å². The summed E-state index contributed by atoms with van der Waals surface area (Å²) in [5, 5.41) is 0. The molecule has 1 heterocycles. The van der Waals surface area contributed by atoms with Crippen LogP contribution in [0.1, 0.15) is 31.9 Å². The van der Waals surface area contributed by atoms with E-state index in [0.717, 1.165) is 24.6 Å². The van der Waals surface area contributed by atoms with Crippen molar-refractivity contribution in [2.45, 2.75) is 32.9 Å². The summed E-state index contributed by atoms with van der Waals surface area (Å²) in [6.45, 7) is 4.35. The molecule has 2 N–H and O–H groups in total. The van der Waals surface area contributed by atoms with Crippen LogP contribution in [0.3, 0.4) is 0 Å². The topological polar surface area (TPSA) is 38.5 Å². The van der Waals surface area contributed by atoms with Crippen molar-refractivity contribution in [2.75, 3.05) is 19.6 Å². The molecule has 1 aromatic rings. The minimum atomic E-state index is -2.79. The van der Waals surface area contributed by atoms with E-state index in [1.807, 2.05) is 12.1 Å². The van der Waals surface area contributed by atoms with Gasteiger partial charge in [-0.05, 0) is 42.5 Å². The monoisotopic (exact) mass is 298 g/mol. The van der Waals surface area contributed by atoms with Crippen LogP contribution in [-0.2, 0) is 0 Å². The number of alkyl halides is 2. The molecule has 0 amide bonds. The van der Waals surface area contributed by atoms with Crippen LogP contribution < -0.4 is 10.5 Å². The molecule has 0 saturated carbocycles. The van der Waals surface area contributed by atoms with Crippen LogP contribution in [0.2, 0.25) is 0 Å². The first kappa shape index (κ1) is 16.2. The summed E-state index contributed by atoms with van der Waals surface area (Å²) in [6.07, 6.45) is 1.17. The van der Waals surface area contributed by atoms with Crippen LogP contribution >= 0.6 is 0 Å². The number of likely N-dealkylation sites (tertiary alicyclic amines) is 1. The molecule has 3 unspecified atom stereocenters. The van der Waals surface area contributed by atoms with Crippen molar-refractivity contribution in [3.8, 4) is 5.75 Å². The van der Waals surface area contributed by atoms with E-state index in [9.17, 15) is 8.78 Å². The lowest BCUT2D eigenvalue weighted by Crippen LogP contribution is -2.43. The summed E-state index contributed by atoms with van der Waals surface area (Å²) in [6, 6.07) is 6.97. The molecule has 3 atom stereocenters. The average molecular weight is 298 g/mol. The average Bonchev–Trinajstić information content (AvgIpc) is 2.45. The molecule has 0 spiro atoms. The molecule has 1 aromatic carbocycles. The summed E-state index contributed by atoms with van der Waals surface area (Å²) in [5.74, 6) is 1.57. The molecule has 0 bridgehead atoms. The smallest absolute Gasteiger partial charge is 0.387 e. The van der Waals surface area contributed by atoms with Gasteiger partial charge in [0, 0.05) is 19.1 Å². The maximum absolute atomic E-state index is 12.2. The summed E-state index contributed by atoms with van der Waals surface area (Å²) >= 11 is 0. The third-order valence-corrected chi connectivity index (χ3v) is 4.52. The van der Waals surface area contributed by atoms with E-state index in [1.54, 1.807) is 12.1 Å². The van der Waals surface area contributed by atoms with Crippen molar-refractivity contribution >= 4 is 0 Å². The number of hydrogen-bond acceptors (Lipinski definition) is 3. The Kier molecular flexibility index (Phi) is 5.53. The number of ether oxygens (including phenoxy) is 1. The van der Waals surface area contributed by atoms with E-state index in [2.05, 4.69) is 23.5 Å². The van der Waals surface area contributed by atoms with Crippen molar-refractivity contribution in [2.24, 2.45) is 17.6 Å². The Hall–Kier alpha value is -1.20. The summed E-state index contributed by atoms with van der Waals surface area (Å²) in [7, 11) is 0. The molecule has 1 aliphatic heterocycles. The van der Waals surface area contributed by atoms with Gasteiger partial charge in [-0.15, -0.1) is 0 Å². The minimum Gasteiger partial charge on any atom is -0.435 e. The number of nitrogens with two attached hydrogens (primary N) is 1. The van der Waals surface area contributed by atoms with Crippen molar-refractivity contribution in [3.63, 3.8) is 0 Å². The van der Waals surface area contributed by atoms with Crippen molar-refractivity contribution < 1.29 is 13.5 Å². The molecule has 5 heteroatoms.